The number of ketones is 1. The quantitative estimate of drug-likeness (QED) is 0.224. The lowest BCUT2D eigenvalue weighted by atomic mass is 9.88. The van der Waals surface area contributed by atoms with Crippen molar-refractivity contribution in [2.24, 2.45) is 0 Å². The Morgan fingerprint density at radius 2 is 1.82 bits per heavy atom. The van der Waals surface area contributed by atoms with Gasteiger partial charge in [-0.1, -0.05) is 107 Å². The van der Waals surface area contributed by atoms with E-state index in [0.29, 0.717) is 12.2 Å². The minimum absolute atomic E-state index is 0.0300. The van der Waals surface area contributed by atoms with Crippen LogP contribution in [0.5, 0.6) is 0 Å². The van der Waals surface area contributed by atoms with Crippen molar-refractivity contribution in [1.29, 1.82) is 0 Å². The molecule has 2 atom stereocenters. The largest absolute Gasteiger partial charge is 0.363 e. The van der Waals surface area contributed by atoms with Crippen LogP contribution in [0.15, 0.2) is 73.1 Å². The van der Waals surface area contributed by atoms with Gasteiger partial charge in [-0.15, -0.1) is 0 Å². The van der Waals surface area contributed by atoms with Gasteiger partial charge in [-0.2, -0.15) is 0 Å². The van der Waals surface area contributed by atoms with Gasteiger partial charge in [0.25, 0.3) is 0 Å². The lowest BCUT2D eigenvalue weighted by molar-refractivity contribution is -0.150. The van der Waals surface area contributed by atoms with Crippen LogP contribution in [-0.4, -0.2) is 34.8 Å². The van der Waals surface area contributed by atoms with Gasteiger partial charge in [-0.05, 0) is 56.0 Å². The molecule has 0 bridgehead atoms. The molecule has 1 heterocycles. The van der Waals surface area contributed by atoms with Crippen LogP contribution >= 0.6 is 0 Å². The number of allylic oxidation sites excluding steroid dienone is 2. The Morgan fingerprint density at radius 1 is 1.13 bits per heavy atom. The first-order chi connectivity index (χ1) is 18.7. The van der Waals surface area contributed by atoms with Crippen LogP contribution in [0.1, 0.15) is 84.3 Å². The van der Waals surface area contributed by atoms with Crippen LogP contribution in [0.2, 0.25) is 0 Å². The van der Waals surface area contributed by atoms with Gasteiger partial charge in [0.15, 0.2) is 5.78 Å². The summed E-state index contributed by atoms with van der Waals surface area (Å²) in [6.45, 7) is 16.9. The molecule has 5 nitrogen and oxygen atoms in total. The third-order valence-electron chi connectivity index (χ3n) is 7.41. The number of morpholine rings is 1. The number of hydrogen-bond acceptors (Lipinski definition) is 4. The zero-order valence-corrected chi connectivity index (χ0v) is 24.9. The second-order valence-corrected chi connectivity index (χ2v) is 10.5. The Hall–Kier alpha value is -3.18. The maximum Gasteiger partial charge on any atom is 0.246 e. The summed E-state index contributed by atoms with van der Waals surface area (Å²) in [5.74, 6) is 0.0898. The monoisotopic (exact) mass is 532 g/mol. The van der Waals surface area contributed by atoms with Gasteiger partial charge in [0.2, 0.25) is 5.91 Å². The molecule has 1 fully saturated rings. The molecule has 1 amide bonds. The Balaban J connectivity index is 0.000000306. The molecule has 0 spiro atoms. The number of nitrogens with zero attached hydrogens (tertiary/aromatic N) is 1. The summed E-state index contributed by atoms with van der Waals surface area (Å²) < 4.78 is 5.66. The van der Waals surface area contributed by atoms with Crippen molar-refractivity contribution in [3.8, 4) is 11.1 Å². The molecular weight excluding hydrogens is 484 g/mol. The molecule has 0 aliphatic carbocycles. The van der Waals surface area contributed by atoms with Crippen LogP contribution < -0.4 is 5.32 Å². The Bertz CT molecular complexity index is 1110. The maximum absolute atomic E-state index is 12.0. The highest BCUT2D eigenvalue weighted by atomic mass is 16.5. The molecule has 212 valence electrons. The van der Waals surface area contributed by atoms with E-state index in [9.17, 15) is 9.59 Å². The van der Waals surface area contributed by atoms with Crippen molar-refractivity contribution >= 4 is 11.7 Å². The summed E-state index contributed by atoms with van der Waals surface area (Å²) in [7, 11) is 0. The molecule has 1 aliphatic rings. The van der Waals surface area contributed by atoms with E-state index in [1.54, 1.807) is 13.1 Å². The Kier molecular flexibility index (Phi) is 13.2. The molecule has 1 aliphatic heterocycles. The molecule has 2 aromatic rings. The van der Waals surface area contributed by atoms with Gasteiger partial charge in [0.05, 0.1) is 17.3 Å². The average Bonchev–Trinajstić information content (AvgIpc) is 2.93. The van der Waals surface area contributed by atoms with E-state index in [2.05, 4.69) is 76.0 Å². The van der Waals surface area contributed by atoms with Gasteiger partial charge in [-0.3, -0.25) is 9.59 Å². The number of rotatable bonds is 12. The third-order valence-corrected chi connectivity index (χ3v) is 7.41. The molecule has 2 aromatic carbocycles. The number of carbonyl (C=O) groups is 2. The molecule has 0 saturated carbocycles. The first kappa shape index (κ1) is 32.0. The van der Waals surface area contributed by atoms with E-state index < -0.39 is 0 Å². The predicted octanol–water partition coefficient (Wildman–Crippen LogP) is 7.74. The van der Waals surface area contributed by atoms with Gasteiger partial charge < -0.3 is 15.0 Å². The third kappa shape index (κ3) is 9.50. The molecule has 2 unspecified atom stereocenters. The van der Waals surface area contributed by atoms with Crippen molar-refractivity contribution in [2.75, 3.05) is 6.61 Å². The van der Waals surface area contributed by atoms with Gasteiger partial charge in [-0.25, -0.2) is 0 Å². The van der Waals surface area contributed by atoms with E-state index in [1.807, 2.05) is 30.0 Å². The second-order valence-electron chi connectivity index (χ2n) is 10.5. The van der Waals surface area contributed by atoms with E-state index >= 15 is 0 Å². The highest BCUT2D eigenvalue weighted by Crippen LogP contribution is 2.27. The summed E-state index contributed by atoms with van der Waals surface area (Å²) in [6.07, 6.45) is 10.1. The summed E-state index contributed by atoms with van der Waals surface area (Å²) in [5, 5.41) is 3.05. The van der Waals surface area contributed by atoms with Crippen LogP contribution in [0.4, 0.5) is 0 Å². The number of hydrogen-bond donors (Lipinski definition) is 1. The Morgan fingerprint density at radius 3 is 2.41 bits per heavy atom. The number of carbonyl (C=O) groups excluding carboxylic acids is 2. The molecule has 1 N–H and O–H groups in total. The number of ether oxygens (including phenoxy) is 1. The van der Waals surface area contributed by atoms with Crippen molar-refractivity contribution in [3.63, 3.8) is 0 Å². The fraction of sp³-hybridized carbons (Fsp3) is 0.471. The fourth-order valence-corrected chi connectivity index (χ4v) is 4.81. The molecule has 0 aromatic heterocycles. The summed E-state index contributed by atoms with van der Waals surface area (Å²) in [6, 6.07) is 17.0. The van der Waals surface area contributed by atoms with Crippen molar-refractivity contribution in [2.45, 2.75) is 98.3 Å². The van der Waals surface area contributed by atoms with E-state index in [4.69, 9.17) is 4.74 Å². The second kappa shape index (κ2) is 16.0. The topological polar surface area (TPSA) is 58.6 Å². The number of benzene rings is 2. The van der Waals surface area contributed by atoms with Gasteiger partial charge >= 0.3 is 0 Å². The van der Waals surface area contributed by atoms with E-state index in [1.165, 1.54) is 41.5 Å². The van der Waals surface area contributed by atoms with Crippen LogP contribution in [-0.2, 0) is 20.9 Å². The molecule has 3 rings (SSSR count). The molecule has 0 radical (unpaired) electrons. The van der Waals surface area contributed by atoms with Gasteiger partial charge in [0, 0.05) is 13.5 Å². The van der Waals surface area contributed by atoms with E-state index in [-0.39, 0.29) is 29.9 Å². The lowest BCUT2D eigenvalue weighted by Gasteiger charge is -2.41. The SMILES string of the molecule is C=CN(Cc1ccccc1-c1ccc(C)cc1)/C(=C\CC)C(C)=O.CCCCCC1NC(=O)COC1(C)CC. The highest BCUT2D eigenvalue weighted by molar-refractivity contribution is 5.92. The number of amides is 1. The molecule has 1 saturated heterocycles. The maximum atomic E-state index is 12.0. The standard InChI is InChI=1S/C22H25NO.C12H23NO2/c1-5-9-22(18(4)24)23(6-2)16-20-10-7-8-11-21(20)19-14-12-17(3)13-15-19;1-4-6-7-8-10-12(3,5-2)15-9-11(14)13-10/h6-15H,2,5,16H2,1,3-4H3;10H,4-9H2,1-3H3,(H,13,14)/b22-9-;. The van der Waals surface area contributed by atoms with Crippen LogP contribution in [0.3, 0.4) is 0 Å². The van der Waals surface area contributed by atoms with Crippen molar-refractivity contribution < 1.29 is 14.3 Å². The van der Waals surface area contributed by atoms with Crippen molar-refractivity contribution in [3.05, 3.63) is 84.2 Å². The molecule has 5 heteroatoms. The number of unbranched alkanes of at least 4 members (excludes halogenated alkanes) is 2. The molecule has 39 heavy (non-hydrogen) atoms. The van der Waals surface area contributed by atoms with E-state index in [0.717, 1.165) is 19.3 Å². The number of nitrogens with one attached hydrogen (secondary N) is 1. The summed E-state index contributed by atoms with van der Waals surface area (Å²) >= 11 is 0. The summed E-state index contributed by atoms with van der Waals surface area (Å²) in [4.78, 5) is 25.2. The average molecular weight is 533 g/mol. The lowest BCUT2D eigenvalue weighted by Crippen LogP contribution is -2.58. The number of Topliss-reactive ketones (excluding diaryl/α,β-unsaturated/α-hetero) is 1. The fourth-order valence-electron chi connectivity index (χ4n) is 4.81. The number of aryl methyl sites for hydroxylation is 1. The summed E-state index contributed by atoms with van der Waals surface area (Å²) in [5.41, 5.74) is 5.32. The molecular formula is C34H48N2O3. The highest BCUT2D eigenvalue weighted by Gasteiger charge is 2.38. The zero-order valence-electron chi connectivity index (χ0n) is 24.9. The Labute approximate surface area is 236 Å². The minimum Gasteiger partial charge on any atom is -0.363 e. The zero-order chi connectivity index (χ0) is 28.8. The van der Waals surface area contributed by atoms with Crippen LogP contribution in [0.25, 0.3) is 11.1 Å². The van der Waals surface area contributed by atoms with Gasteiger partial charge in [0.1, 0.15) is 6.61 Å². The minimum atomic E-state index is -0.165. The first-order valence-electron chi connectivity index (χ1n) is 14.4. The first-order valence-corrected chi connectivity index (χ1v) is 14.4. The van der Waals surface area contributed by atoms with Crippen LogP contribution in [0, 0.1) is 6.92 Å². The smallest absolute Gasteiger partial charge is 0.246 e. The predicted molar refractivity (Wildman–Crippen MR) is 162 cm³/mol. The van der Waals surface area contributed by atoms with Crippen molar-refractivity contribution in [1.82, 2.24) is 10.2 Å². The normalized spacial score (nSPS) is 19.0.